The molecule has 0 aliphatic carbocycles. The van der Waals surface area contributed by atoms with Gasteiger partial charge in [0.2, 0.25) is 0 Å². The topological polar surface area (TPSA) is 121 Å². The summed E-state index contributed by atoms with van der Waals surface area (Å²) in [5.41, 5.74) is 5.22. The molecule has 0 aliphatic heterocycles. The highest BCUT2D eigenvalue weighted by Crippen LogP contribution is 2.18. The van der Waals surface area contributed by atoms with E-state index in [9.17, 15) is 9.59 Å². The van der Waals surface area contributed by atoms with E-state index in [1.165, 1.54) is 23.5 Å². The third kappa shape index (κ3) is 6.17. The molecule has 3 rings (SSSR count). The SMILES string of the molecule is CC[n+]1c(SCC(=O)N/N=C/c2ccccc2OCC(=O)O)n[nH]c1-c1ccc(C)cc1. The summed E-state index contributed by atoms with van der Waals surface area (Å²) in [5, 5.41) is 20.8. The minimum Gasteiger partial charge on any atom is -0.481 e. The van der Waals surface area contributed by atoms with E-state index in [1.54, 1.807) is 24.3 Å². The Kier molecular flexibility index (Phi) is 7.98. The first kappa shape index (κ1) is 23.0. The van der Waals surface area contributed by atoms with Gasteiger partial charge in [0.1, 0.15) is 5.75 Å². The fourth-order valence-corrected chi connectivity index (χ4v) is 3.66. The summed E-state index contributed by atoms with van der Waals surface area (Å²) in [6.07, 6.45) is 1.41. The van der Waals surface area contributed by atoms with Gasteiger partial charge in [-0.1, -0.05) is 29.8 Å². The van der Waals surface area contributed by atoms with Crippen molar-refractivity contribution in [2.24, 2.45) is 5.10 Å². The average Bonchev–Trinajstić information content (AvgIpc) is 3.20. The number of aromatic amines is 1. The molecule has 2 aromatic carbocycles. The Labute approximate surface area is 189 Å². The number of carbonyl (C=O) groups excluding carboxylic acids is 1. The second kappa shape index (κ2) is 11.1. The van der Waals surface area contributed by atoms with Gasteiger partial charge in [-0.25, -0.2) is 14.8 Å². The molecule has 1 aromatic heterocycles. The van der Waals surface area contributed by atoms with Crippen LogP contribution in [-0.2, 0) is 16.1 Å². The number of aromatic nitrogens is 3. The first-order valence-electron chi connectivity index (χ1n) is 9.91. The van der Waals surface area contributed by atoms with Crippen LogP contribution in [0.1, 0.15) is 18.1 Å². The molecular weight excluding hydrogens is 430 g/mol. The van der Waals surface area contributed by atoms with E-state index in [0.717, 1.165) is 11.4 Å². The molecular formula is C22H24N5O4S+. The lowest BCUT2D eigenvalue weighted by Crippen LogP contribution is -2.36. The van der Waals surface area contributed by atoms with Gasteiger partial charge >= 0.3 is 11.1 Å². The smallest absolute Gasteiger partial charge is 0.341 e. The van der Waals surface area contributed by atoms with Crippen LogP contribution in [0.25, 0.3) is 11.4 Å². The van der Waals surface area contributed by atoms with Crippen molar-refractivity contribution in [2.75, 3.05) is 12.4 Å². The van der Waals surface area contributed by atoms with Gasteiger partial charge in [0.05, 0.1) is 29.2 Å². The number of para-hydroxylation sites is 1. The van der Waals surface area contributed by atoms with Gasteiger partial charge in [0.15, 0.2) is 6.61 Å². The number of carboxylic acid groups (broad SMARTS) is 1. The molecule has 1 heterocycles. The van der Waals surface area contributed by atoms with Gasteiger partial charge in [-0.05, 0) is 49.9 Å². The lowest BCUT2D eigenvalue weighted by atomic mass is 10.1. The fourth-order valence-electron chi connectivity index (χ4n) is 2.85. The van der Waals surface area contributed by atoms with E-state index in [4.69, 9.17) is 9.84 Å². The minimum absolute atomic E-state index is 0.132. The van der Waals surface area contributed by atoms with Crippen molar-refractivity contribution in [3.8, 4) is 17.1 Å². The van der Waals surface area contributed by atoms with Crippen LogP contribution in [0.15, 0.2) is 58.8 Å². The summed E-state index contributed by atoms with van der Waals surface area (Å²) in [7, 11) is 0. The number of H-pyrrole nitrogens is 1. The number of thioether (sulfide) groups is 1. The Morgan fingerprint density at radius 2 is 2.00 bits per heavy atom. The van der Waals surface area contributed by atoms with Crippen LogP contribution in [0.4, 0.5) is 0 Å². The number of benzene rings is 2. The van der Waals surface area contributed by atoms with Gasteiger partial charge in [0.25, 0.3) is 11.7 Å². The number of hydrogen-bond donors (Lipinski definition) is 3. The maximum atomic E-state index is 12.2. The highest BCUT2D eigenvalue weighted by atomic mass is 32.2. The number of aliphatic carboxylic acids is 1. The van der Waals surface area contributed by atoms with Crippen molar-refractivity contribution in [3.05, 3.63) is 59.7 Å². The molecule has 0 aliphatic rings. The highest BCUT2D eigenvalue weighted by Gasteiger charge is 2.21. The second-order valence-electron chi connectivity index (χ2n) is 6.77. The molecule has 0 spiro atoms. The van der Waals surface area contributed by atoms with Crippen molar-refractivity contribution in [2.45, 2.75) is 25.5 Å². The molecule has 10 heteroatoms. The molecule has 0 fully saturated rings. The monoisotopic (exact) mass is 454 g/mol. The molecule has 166 valence electrons. The lowest BCUT2D eigenvalue weighted by Gasteiger charge is -2.06. The number of carbonyl (C=O) groups is 2. The molecule has 0 saturated carbocycles. The number of carboxylic acids is 1. The van der Waals surface area contributed by atoms with Crippen molar-refractivity contribution >= 4 is 29.9 Å². The molecule has 3 N–H and O–H groups in total. The van der Waals surface area contributed by atoms with Crippen LogP contribution in [0.2, 0.25) is 0 Å². The quantitative estimate of drug-likeness (QED) is 0.187. The molecule has 0 saturated heterocycles. The van der Waals surface area contributed by atoms with Crippen LogP contribution < -0.4 is 14.7 Å². The second-order valence-corrected chi connectivity index (χ2v) is 7.71. The first-order chi connectivity index (χ1) is 15.5. The van der Waals surface area contributed by atoms with Crippen molar-refractivity contribution < 1.29 is 24.0 Å². The number of ether oxygens (including phenoxy) is 1. The van der Waals surface area contributed by atoms with Crippen LogP contribution in [0.3, 0.4) is 0 Å². The third-order valence-electron chi connectivity index (χ3n) is 4.39. The van der Waals surface area contributed by atoms with E-state index in [2.05, 4.69) is 20.7 Å². The zero-order valence-electron chi connectivity index (χ0n) is 17.7. The first-order valence-corrected chi connectivity index (χ1v) is 10.9. The molecule has 9 nitrogen and oxygen atoms in total. The van der Waals surface area contributed by atoms with Crippen molar-refractivity contribution in [1.82, 2.24) is 15.6 Å². The van der Waals surface area contributed by atoms with Gasteiger partial charge in [-0.2, -0.15) is 5.10 Å². The standard InChI is InChI=1S/C22H23N5O4S/c1-3-27-21(16-10-8-15(2)9-11-16)25-26-22(27)32-14-19(28)24-23-12-17-6-4-5-7-18(17)31-13-20(29)30/h4-12H,3,13-14H2,1-2H3,(H2,24,28,29,30)/p+1/b23-12+. The average molecular weight is 455 g/mol. The summed E-state index contributed by atoms with van der Waals surface area (Å²) in [4.78, 5) is 22.9. The number of nitrogens with one attached hydrogen (secondary N) is 2. The van der Waals surface area contributed by atoms with Crippen LogP contribution >= 0.6 is 11.8 Å². The Hall–Kier alpha value is -3.66. The predicted octanol–water partition coefficient (Wildman–Crippen LogP) is 2.40. The third-order valence-corrected chi connectivity index (χ3v) is 5.37. The number of amides is 1. The van der Waals surface area contributed by atoms with E-state index in [0.29, 0.717) is 23.0 Å². The van der Waals surface area contributed by atoms with Crippen molar-refractivity contribution in [3.63, 3.8) is 0 Å². The van der Waals surface area contributed by atoms with Crippen LogP contribution in [0.5, 0.6) is 5.75 Å². The fraction of sp³-hybridized carbons (Fsp3) is 0.227. The molecule has 0 unspecified atom stereocenters. The summed E-state index contributed by atoms with van der Waals surface area (Å²) in [5.74, 6) is 0.0120. The van der Waals surface area contributed by atoms with Crippen LogP contribution in [0, 0.1) is 6.92 Å². The largest absolute Gasteiger partial charge is 0.481 e. The van der Waals surface area contributed by atoms with E-state index in [-0.39, 0.29) is 11.7 Å². The molecule has 3 aromatic rings. The maximum Gasteiger partial charge on any atom is 0.341 e. The van der Waals surface area contributed by atoms with E-state index in [1.807, 2.05) is 42.7 Å². The van der Waals surface area contributed by atoms with E-state index >= 15 is 0 Å². The lowest BCUT2D eigenvalue weighted by molar-refractivity contribution is -0.719. The van der Waals surface area contributed by atoms with Crippen LogP contribution in [-0.4, -0.2) is 45.8 Å². The zero-order chi connectivity index (χ0) is 22.9. The highest BCUT2D eigenvalue weighted by molar-refractivity contribution is 7.99. The van der Waals surface area contributed by atoms with Gasteiger partial charge in [-0.15, -0.1) is 5.10 Å². The molecule has 1 amide bonds. The number of hydrogen-bond acceptors (Lipinski definition) is 6. The molecule has 0 bridgehead atoms. The van der Waals surface area contributed by atoms with Crippen molar-refractivity contribution in [1.29, 1.82) is 0 Å². The Balaban J connectivity index is 1.58. The zero-order valence-corrected chi connectivity index (χ0v) is 18.6. The van der Waals surface area contributed by atoms with E-state index < -0.39 is 12.6 Å². The molecule has 32 heavy (non-hydrogen) atoms. The molecule has 0 atom stereocenters. The predicted molar refractivity (Wildman–Crippen MR) is 121 cm³/mol. The van der Waals surface area contributed by atoms with Gasteiger partial charge in [0, 0.05) is 5.56 Å². The molecule has 0 radical (unpaired) electrons. The number of nitrogens with zero attached hydrogens (tertiary/aromatic N) is 3. The Bertz CT molecular complexity index is 1110. The number of rotatable bonds is 10. The number of aryl methyl sites for hydroxylation is 1. The maximum absolute atomic E-state index is 12.2. The summed E-state index contributed by atoms with van der Waals surface area (Å²) in [6, 6.07) is 15.0. The summed E-state index contributed by atoms with van der Waals surface area (Å²) in [6.45, 7) is 4.30. The number of hydrazone groups is 1. The summed E-state index contributed by atoms with van der Waals surface area (Å²) >= 11 is 1.30. The normalized spacial score (nSPS) is 10.9. The Morgan fingerprint density at radius 1 is 1.25 bits per heavy atom. The van der Waals surface area contributed by atoms with Gasteiger partial charge in [-0.3, -0.25) is 4.79 Å². The minimum atomic E-state index is -1.07. The Morgan fingerprint density at radius 3 is 2.72 bits per heavy atom. The van der Waals surface area contributed by atoms with Gasteiger partial charge < -0.3 is 9.84 Å². The summed E-state index contributed by atoms with van der Waals surface area (Å²) < 4.78 is 7.23.